The second kappa shape index (κ2) is 6.87. The van der Waals surface area contributed by atoms with Crippen molar-refractivity contribution in [2.75, 3.05) is 23.3 Å². The summed E-state index contributed by atoms with van der Waals surface area (Å²) >= 11 is 0. The highest BCUT2D eigenvalue weighted by Gasteiger charge is 2.37. The molecule has 0 saturated carbocycles. The van der Waals surface area contributed by atoms with Gasteiger partial charge in [0.15, 0.2) is 11.6 Å². The number of benzene rings is 1. The number of ether oxygens (including phenoxy) is 1. The summed E-state index contributed by atoms with van der Waals surface area (Å²) < 4.78 is 45.4. The third-order valence-electron chi connectivity index (χ3n) is 3.78. The van der Waals surface area contributed by atoms with Crippen molar-refractivity contribution in [1.29, 1.82) is 0 Å². The van der Waals surface area contributed by atoms with Gasteiger partial charge in [0.25, 0.3) is 5.91 Å². The Morgan fingerprint density at radius 3 is 2.78 bits per heavy atom. The van der Waals surface area contributed by atoms with Crippen molar-refractivity contribution in [2.24, 2.45) is 0 Å². The fourth-order valence-electron chi connectivity index (χ4n) is 2.52. The molecule has 0 spiro atoms. The number of aryl methyl sites for hydroxylation is 1. The molecule has 3 rings (SSSR count). The number of hydrogen-bond acceptors (Lipinski definition) is 8. The number of phenolic OH excluding ortho intramolecular Hbond substituents is 1. The maximum absolute atomic E-state index is 14.5. The monoisotopic (exact) mass is 397 g/mol. The Morgan fingerprint density at radius 2 is 2.19 bits per heavy atom. The van der Waals surface area contributed by atoms with E-state index in [-0.39, 0.29) is 6.54 Å². The summed E-state index contributed by atoms with van der Waals surface area (Å²) in [5, 5.41) is 13.1. The number of carbonyl (C=O) groups excluding carboxylic acids is 1. The Labute approximate surface area is 154 Å². The van der Waals surface area contributed by atoms with Gasteiger partial charge in [0.1, 0.15) is 18.0 Å². The molecule has 0 bridgehead atoms. The predicted octanol–water partition coefficient (Wildman–Crippen LogP) is 0.431. The van der Waals surface area contributed by atoms with Gasteiger partial charge in [-0.3, -0.25) is 9.78 Å². The van der Waals surface area contributed by atoms with Gasteiger partial charge < -0.3 is 15.2 Å². The zero-order valence-corrected chi connectivity index (χ0v) is 15.2. The second-order valence-corrected chi connectivity index (χ2v) is 7.28. The van der Waals surface area contributed by atoms with E-state index in [0.29, 0.717) is 27.3 Å². The van der Waals surface area contributed by atoms with Crippen molar-refractivity contribution in [1.82, 2.24) is 14.7 Å². The van der Waals surface area contributed by atoms with Gasteiger partial charge in [-0.25, -0.2) is 13.4 Å². The lowest BCUT2D eigenvalue weighted by atomic mass is 10.1. The van der Waals surface area contributed by atoms with Crippen molar-refractivity contribution < 1.29 is 27.4 Å². The molecule has 1 aliphatic heterocycles. The first-order valence-electron chi connectivity index (χ1n) is 7.67. The molecule has 1 amide bonds. The Kier molecular flexibility index (Phi) is 4.74. The number of carbonyl (C=O) groups is 1. The first kappa shape index (κ1) is 18.6. The molecule has 0 atom stereocenters. The van der Waals surface area contributed by atoms with Crippen LogP contribution in [-0.4, -0.2) is 43.1 Å². The lowest BCUT2D eigenvalue weighted by Crippen LogP contribution is -2.30. The van der Waals surface area contributed by atoms with E-state index in [1.54, 1.807) is 11.6 Å². The maximum atomic E-state index is 14.5. The van der Waals surface area contributed by atoms with Crippen molar-refractivity contribution in [3.63, 3.8) is 0 Å². The molecule has 2 aromatic rings. The van der Waals surface area contributed by atoms with Crippen molar-refractivity contribution in [2.45, 2.75) is 13.5 Å². The molecule has 0 unspecified atom stereocenters. The van der Waals surface area contributed by atoms with Crippen LogP contribution in [0.3, 0.4) is 0 Å². The molecule has 12 heteroatoms. The van der Waals surface area contributed by atoms with Gasteiger partial charge in [0.05, 0.1) is 19.0 Å². The Bertz CT molecular complexity index is 991. The molecule has 3 N–H and O–H groups in total. The normalized spacial score (nSPS) is 15.5. The van der Waals surface area contributed by atoms with Crippen LogP contribution in [-0.2, 0) is 21.5 Å². The summed E-state index contributed by atoms with van der Waals surface area (Å²) in [6, 6.07) is 2.26. The standard InChI is InChI=1S/C15H16FN5O5S/c1-8-15(19-13(26-2)6-17-8)18-5-9-3-10(16)14(11(22)4-9)21-7-12(23)20-27(21,24)25/h3-4,6,22H,5,7H2,1-2H3,(H,18,19)(H,20,23). The minimum atomic E-state index is -4.23. The zero-order chi connectivity index (χ0) is 19.8. The molecule has 1 saturated heterocycles. The number of methoxy groups -OCH3 is 1. The highest BCUT2D eigenvalue weighted by molar-refractivity contribution is 7.92. The number of phenols is 1. The molecular formula is C15H16FN5O5S. The molecule has 1 aromatic carbocycles. The predicted molar refractivity (Wildman–Crippen MR) is 93.1 cm³/mol. The fraction of sp³-hybridized carbons (Fsp3) is 0.267. The third kappa shape index (κ3) is 3.69. The summed E-state index contributed by atoms with van der Waals surface area (Å²) in [5.41, 5.74) is 0.327. The molecule has 10 nitrogen and oxygen atoms in total. The van der Waals surface area contributed by atoms with E-state index in [0.717, 1.165) is 6.07 Å². The SMILES string of the molecule is COc1cnc(C)c(NCc2cc(O)c(N3CC(=O)NS3(=O)=O)c(F)c2)n1. The van der Waals surface area contributed by atoms with E-state index in [2.05, 4.69) is 15.3 Å². The number of nitrogens with zero attached hydrogens (tertiary/aromatic N) is 3. The van der Waals surface area contributed by atoms with Crippen molar-refractivity contribution >= 4 is 27.6 Å². The summed E-state index contributed by atoms with van der Waals surface area (Å²) in [5.74, 6) is -1.70. The zero-order valence-electron chi connectivity index (χ0n) is 14.4. The molecule has 1 aliphatic rings. The van der Waals surface area contributed by atoms with Gasteiger partial charge in [-0.1, -0.05) is 0 Å². The number of aromatic nitrogens is 2. The Balaban J connectivity index is 1.84. The number of halogens is 1. The Morgan fingerprint density at radius 1 is 1.44 bits per heavy atom. The minimum Gasteiger partial charge on any atom is -0.506 e. The first-order valence-corrected chi connectivity index (χ1v) is 9.11. The Hall–Kier alpha value is -3.15. The number of amides is 1. The maximum Gasteiger partial charge on any atom is 0.326 e. The summed E-state index contributed by atoms with van der Waals surface area (Å²) in [4.78, 5) is 19.6. The van der Waals surface area contributed by atoms with E-state index < -0.39 is 39.9 Å². The average molecular weight is 397 g/mol. The van der Waals surface area contributed by atoms with E-state index in [4.69, 9.17) is 4.74 Å². The van der Waals surface area contributed by atoms with Crippen LogP contribution in [0.15, 0.2) is 18.3 Å². The van der Waals surface area contributed by atoms with E-state index in [9.17, 15) is 22.7 Å². The highest BCUT2D eigenvalue weighted by atomic mass is 32.2. The smallest absolute Gasteiger partial charge is 0.326 e. The van der Waals surface area contributed by atoms with Gasteiger partial charge >= 0.3 is 10.2 Å². The summed E-state index contributed by atoms with van der Waals surface area (Å²) in [7, 11) is -2.78. The molecule has 144 valence electrons. The van der Waals surface area contributed by atoms with Gasteiger partial charge in [0.2, 0.25) is 5.88 Å². The average Bonchev–Trinajstić information content (AvgIpc) is 2.86. The molecule has 1 fully saturated rings. The molecular weight excluding hydrogens is 381 g/mol. The van der Waals surface area contributed by atoms with Crippen LogP contribution in [0, 0.1) is 12.7 Å². The number of nitrogens with one attached hydrogen (secondary N) is 2. The van der Waals surface area contributed by atoms with Gasteiger partial charge in [-0.15, -0.1) is 0 Å². The van der Waals surface area contributed by atoms with Crippen LogP contribution in [0.2, 0.25) is 0 Å². The molecule has 0 aliphatic carbocycles. The van der Waals surface area contributed by atoms with E-state index in [1.807, 2.05) is 0 Å². The van der Waals surface area contributed by atoms with Gasteiger partial charge in [0, 0.05) is 6.54 Å². The lowest BCUT2D eigenvalue weighted by Gasteiger charge is -2.18. The van der Waals surface area contributed by atoms with Crippen LogP contribution in [0.1, 0.15) is 11.3 Å². The molecule has 27 heavy (non-hydrogen) atoms. The van der Waals surface area contributed by atoms with Crippen molar-refractivity contribution in [3.05, 3.63) is 35.4 Å². The largest absolute Gasteiger partial charge is 0.506 e. The number of rotatable bonds is 5. The second-order valence-electron chi connectivity index (χ2n) is 5.68. The molecule has 0 radical (unpaired) electrons. The van der Waals surface area contributed by atoms with Crippen LogP contribution >= 0.6 is 0 Å². The summed E-state index contributed by atoms with van der Waals surface area (Å²) in [6.45, 7) is 1.19. The van der Waals surface area contributed by atoms with Gasteiger partial charge in [-0.05, 0) is 24.6 Å². The highest BCUT2D eigenvalue weighted by Crippen LogP contribution is 2.34. The number of hydrogen-bond donors (Lipinski definition) is 3. The van der Waals surface area contributed by atoms with Crippen LogP contribution in [0.25, 0.3) is 0 Å². The van der Waals surface area contributed by atoms with Crippen molar-refractivity contribution in [3.8, 4) is 11.6 Å². The molecule has 1 aromatic heterocycles. The number of anilines is 2. The first-order chi connectivity index (χ1) is 12.7. The van der Waals surface area contributed by atoms with Crippen LogP contribution in [0.4, 0.5) is 15.9 Å². The third-order valence-corrected chi connectivity index (χ3v) is 5.15. The van der Waals surface area contributed by atoms with Crippen LogP contribution < -0.4 is 19.1 Å². The lowest BCUT2D eigenvalue weighted by molar-refractivity contribution is -0.117. The molecule has 2 heterocycles. The quantitative estimate of drug-likeness (QED) is 0.661. The van der Waals surface area contributed by atoms with Gasteiger partial charge in [-0.2, -0.15) is 13.4 Å². The minimum absolute atomic E-state index is 0.0807. The summed E-state index contributed by atoms with van der Waals surface area (Å²) in [6.07, 6.45) is 1.45. The number of aromatic hydroxyl groups is 1. The van der Waals surface area contributed by atoms with E-state index in [1.165, 1.54) is 19.4 Å². The van der Waals surface area contributed by atoms with E-state index >= 15 is 0 Å². The van der Waals surface area contributed by atoms with Crippen LogP contribution in [0.5, 0.6) is 11.6 Å². The topological polar surface area (TPSA) is 134 Å². The fourth-order valence-corrected chi connectivity index (χ4v) is 3.69.